The third-order valence-electron chi connectivity index (χ3n) is 4.61. The van der Waals surface area contributed by atoms with Crippen LogP contribution in [-0.2, 0) is 23.9 Å². The molecule has 7 heteroatoms. The van der Waals surface area contributed by atoms with Crippen LogP contribution in [0.5, 0.6) is 0 Å². The zero-order valence-corrected chi connectivity index (χ0v) is 13.8. The molecule has 0 spiro atoms. The molecule has 1 aromatic heterocycles. The molecular weight excluding hydrogens is 343 g/mol. The van der Waals surface area contributed by atoms with E-state index >= 15 is 0 Å². The summed E-state index contributed by atoms with van der Waals surface area (Å²) < 4.78 is 41.2. The number of nitrogens with zero attached hydrogens (tertiary/aromatic N) is 3. The first-order valence-electron chi connectivity index (χ1n) is 8.36. The summed E-state index contributed by atoms with van der Waals surface area (Å²) in [6.45, 7) is 0.105. The molecule has 0 fully saturated rings. The number of hydrogen-bond acceptors (Lipinski definition) is 2. The van der Waals surface area contributed by atoms with Gasteiger partial charge in [-0.05, 0) is 36.6 Å². The van der Waals surface area contributed by atoms with E-state index in [1.807, 2.05) is 24.3 Å². The Hall–Kier alpha value is -2.83. The van der Waals surface area contributed by atoms with Gasteiger partial charge in [0, 0.05) is 12.2 Å². The van der Waals surface area contributed by atoms with Gasteiger partial charge in [0.25, 0.3) is 0 Å². The standard InChI is InChI=1S/C19H16F3N3O/c20-19(21,22)18-23-14-8-2-4-10-16(14)25(18)12-17(26)24-11-5-7-13-6-1-3-9-15(13)24/h1-4,6,8-10H,5,7,11-12H2. The Morgan fingerprint density at radius 1 is 1.08 bits per heavy atom. The van der Waals surface area contributed by atoms with Crippen molar-refractivity contribution in [1.82, 2.24) is 9.55 Å². The molecule has 0 unspecified atom stereocenters. The second-order valence-corrected chi connectivity index (χ2v) is 6.29. The van der Waals surface area contributed by atoms with Gasteiger partial charge in [-0.3, -0.25) is 4.79 Å². The third-order valence-corrected chi connectivity index (χ3v) is 4.61. The fourth-order valence-electron chi connectivity index (χ4n) is 3.47. The van der Waals surface area contributed by atoms with Crippen LogP contribution in [0.1, 0.15) is 17.8 Å². The first-order chi connectivity index (χ1) is 12.4. The first kappa shape index (κ1) is 16.6. The average Bonchev–Trinajstić information content (AvgIpc) is 3.00. The SMILES string of the molecule is O=C(Cn1c(C(F)(F)F)nc2ccccc21)N1CCCc2ccccc21. The zero-order chi connectivity index (χ0) is 18.3. The van der Waals surface area contributed by atoms with Crippen molar-refractivity contribution in [2.24, 2.45) is 0 Å². The quantitative estimate of drug-likeness (QED) is 0.693. The number of anilines is 1. The Labute approximate surface area is 147 Å². The zero-order valence-electron chi connectivity index (χ0n) is 13.8. The summed E-state index contributed by atoms with van der Waals surface area (Å²) in [5, 5.41) is 0. The molecule has 1 amide bonds. The lowest BCUT2D eigenvalue weighted by Crippen LogP contribution is -2.38. The summed E-state index contributed by atoms with van der Waals surface area (Å²) in [7, 11) is 0. The normalized spacial score (nSPS) is 14.5. The number of alkyl halides is 3. The maximum absolute atomic E-state index is 13.4. The van der Waals surface area contributed by atoms with E-state index in [1.165, 1.54) is 6.07 Å². The van der Waals surface area contributed by atoms with Gasteiger partial charge in [-0.2, -0.15) is 13.2 Å². The van der Waals surface area contributed by atoms with Crippen LogP contribution in [0.3, 0.4) is 0 Å². The van der Waals surface area contributed by atoms with Crippen molar-refractivity contribution >= 4 is 22.6 Å². The Balaban J connectivity index is 1.73. The number of aromatic nitrogens is 2. The number of halogens is 3. The summed E-state index contributed by atoms with van der Waals surface area (Å²) in [5.74, 6) is -1.41. The summed E-state index contributed by atoms with van der Waals surface area (Å²) in [6, 6.07) is 13.8. The minimum absolute atomic E-state index is 0.228. The van der Waals surface area contributed by atoms with Gasteiger partial charge in [0.2, 0.25) is 11.7 Å². The van der Waals surface area contributed by atoms with Gasteiger partial charge in [-0.1, -0.05) is 30.3 Å². The molecule has 2 aromatic carbocycles. The van der Waals surface area contributed by atoms with E-state index in [-0.39, 0.29) is 11.4 Å². The fourth-order valence-corrected chi connectivity index (χ4v) is 3.47. The van der Waals surface area contributed by atoms with Crippen molar-refractivity contribution in [3.63, 3.8) is 0 Å². The number of rotatable bonds is 2. The molecular formula is C19H16F3N3O. The van der Waals surface area contributed by atoms with Crippen molar-refractivity contribution < 1.29 is 18.0 Å². The molecule has 2 heterocycles. The molecule has 26 heavy (non-hydrogen) atoms. The molecule has 134 valence electrons. The van der Waals surface area contributed by atoms with Crippen LogP contribution in [0.4, 0.5) is 18.9 Å². The number of carbonyl (C=O) groups excluding carboxylic acids is 1. The van der Waals surface area contributed by atoms with Gasteiger partial charge in [0.15, 0.2) is 0 Å². The van der Waals surface area contributed by atoms with Crippen LogP contribution in [0.25, 0.3) is 11.0 Å². The van der Waals surface area contributed by atoms with E-state index in [9.17, 15) is 18.0 Å². The van der Waals surface area contributed by atoms with Gasteiger partial charge < -0.3 is 9.47 Å². The van der Waals surface area contributed by atoms with Crippen LogP contribution in [-0.4, -0.2) is 22.0 Å². The highest BCUT2D eigenvalue weighted by molar-refractivity contribution is 5.95. The number of amides is 1. The summed E-state index contributed by atoms with van der Waals surface area (Å²) >= 11 is 0. The predicted molar refractivity (Wildman–Crippen MR) is 91.9 cm³/mol. The van der Waals surface area contributed by atoms with Gasteiger partial charge in [-0.15, -0.1) is 0 Å². The van der Waals surface area contributed by atoms with Gasteiger partial charge in [0.1, 0.15) is 6.54 Å². The molecule has 0 bridgehead atoms. The maximum atomic E-state index is 13.4. The van der Waals surface area contributed by atoms with Crippen molar-refractivity contribution in [3.05, 3.63) is 59.9 Å². The van der Waals surface area contributed by atoms with Crippen molar-refractivity contribution in [2.75, 3.05) is 11.4 Å². The minimum atomic E-state index is -4.63. The molecule has 0 N–H and O–H groups in total. The Kier molecular flexibility index (Phi) is 3.94. The smallest absolute Gasteiger partial charge is 0.311 e. The third kappa shape index (κ3) is 2.83. The summed E-state index contributed by atoms with van der Waals surface area (Å²) in [5.41, 5.74) is 2.35. The van der Waals surface area contributed by atoms with E-state index in [1.54, 1.807) is 23.1 Å². The Bertz CT molecular complexity index is 978. The molecule has 1 aliphatic heterocycles. The summed E-state index contributed by atoms with van der Waals surface area (Å²) in [4.78, 5) is 18.1. The Morgan fingerprint density at radius 2 is 1.81 bits per heavy atom. The molecule has 0 saturated heterocycles. The van der Waals surface area contributed by atoms with Crippen LogP contribution in [0.15, 0.2) is 48.5 Å². The van der Waals surface area contributed by atoms with E-state index in [2.05, 4.69) is 4.98 Å². The summed E-state index contributed by atoms with van der Waals surface area (Å²) in [6.07, 6.45) is -2.97. The second-order valence-electron chi connectivity index (χ2n) is 6.29. The predicted octanol–water partition coefficient (Wildman–Crippen LogP) is 4.03. The van der Waals surface area contributed by atoms with Crippen molar-refractivity contribution in [3.8, 4) is 0 Å². The first-order valence-corrected chi connectivity index (χ1v) is 8.36. The molecule has 4 rings (SSSR count). The molecule has 1 aliphatic rings. The number of carbonyl (C=O) groups is 1. The molecule has 0 atom stereocenters. The van der Waals surface area contributed by atoms with E-state index in [0.29, 0.717) is 12.1 Å². The molecule has 4 nitrogen and oxygen atoms in total. The van der Waals surface area contributed by atoms with E-state index < -0.39 is 18.5 Å². The molecule has 0 radical (unpaired) electrons. The Morgan fingerprint density at radius 3 is 2.62 bits per heavy atom. The topological polar surface area (TPSA) is 38.1 Å². The van der Waals surface area contributed by atoms with Gasteiger partial charge >= 0.3 is 6.18 Å². The molecule has 0 aliphatic carbocycles. The van der Waals surface area contributed by atoms with Crippen molar-refractivity contribution in [2.45, 2.75) is 25.6 Å². The monoisotopic (exact) mass is 359 g/mol. The highest BCUT2D eigenvalue weighted by Gasteiger charge is 2.38. The fraction of sp³-hybridized carbons (Fsp3) is 0.263. The lowest BCUT2D eigenvalue weighted by atomic mass is 10.0. The average molecular weight is 359 g/mol. The number of fused-ring (bicyclic) bond motifs is 2. The molecule has 0 saturated carbocycles. The lowest BCUT2D eigenvalue weighted by molar-refractivity contribution is -0.147. The lowest BCUT2D eigenvalue weighted by Gasteiger charge is -2.30. The highest BCUT2D eigenvalue weighted by atomic mass is 19.4. The van der Waals surface area contributed by atoms with E-state index in [4.69, 9.17) is 0 Å². The number of imidazole rings is 1. The second kappa shape index (κ2) is 6.16. The van der Waals surface area contributed by atoms with Gasteiger partial charge in [-0.25, -0.2) is 4.98 Å². The van der Waals surface area contributed by atoms with Crippen molar-refractivity contribution in [1.29, 1.82) is 0 Å². The van der Waals surface area contributed by atoms with Crippen LogP contribution >= 0.6 is 0 Å². The maximum Gasteiger partial charge on any atom is 0.449 e. The number of hydrogen-bond donors (Lipinski definition) is 0. The van der Waals surface area contributed by atoms with E-state index in [0.717, 1.165) is 28.7 Å². The molecule has 3 aromatic rings. The largest absolute Gasteiger partial charge is 0.449 e. The van der Waals surface area contributed by atoms with Crippen LogP contribution < -0.4 is 4.90 Å². The minimum Gasteiger partial charge on any atom is -0.311 e. The highest BCUT2D eigenvalue weighted by Crippen LogP contribution is 2.32. The number of benzene rings is 2. The number of aryl methyl sites for hydroxylation is 1. The van der Waals surface area contributed by atoms with Gasteiger partial charge in [0.05, 0.1) is 11.0 Å². The van der Waals surface area contributed by atoms with Crippen LogP contribution in [0, 0.1) is 0 Å². The van der Waals surface area contributed by atoms with Crippen LogP contribution in [0.2, 0.25) is 0 Å². The number of para-hydroxylation sites is 3.